The predicted octanol–water partition coefficient (Wildman–Crippen LogP) is 3.41. The molecule has 0 aliphatic carbocycles. The Hall–Kier alpha value is -1.19. The van der Waals surface area contributed by atoms with E-state index in [0.29, 0.717) is 12.5 Å². The van der Waals surface area contributed by atoms with Crippen molar-refractivity contribution in [3.63, 3.8) is 0 Å². The average molecular weight is 260 g/mol. The van der Waals surface area contributed by atoms with Crippen molar-refractivity contribution >= 4 is 11.3 Å². The van der Waals surface area contributed by atoms with E-state index in [2.05, 4.69) is 44.0 Å². The summed E-state index contributed by atoms with van der Waals surface area (Å²) >= 11 is 1.78. The molecule has 0 saturated carbocycles. The van der Waals surface area contributed by atoms with Gasteiger partial charge in [0.1, 0.15) is 0 Å². The second-order valence-corrected chi connectivity index (χ2v) is 6.06. The lowest BCUT2D eigenvalue weighted by atomic mass is 10.0. The number of aromatic nitrogens is 1. The highest BCUT2D eigenvalue weighted by Gasteiger charge is 2.09. The van der Waals surface area contributed by atoms with E-state index in [1.54, 1.807) is 11.3 Å². The summed E-state index contributed by atoms with van der Waals surface area (Å²) < 4.78 is 0. The van der Waals surface area contributed by atoms with Crippen LogP contribution in [0.5, 0.6) is 0 Å². The van der Waals surface area contributed by atoms with Crippen LogP contribution in [-0.2, 0) is 6.42 Å². The molecule has 1 unspecified atom stereocenters. The minimum Gasteiger partial charge on any atom is -0.330 e. The monoisotopic (exact) mass is 260 g/mol. The van der Waals surface area contributed by atoms with Crippen LogP contribution in [0.2, 0.25) is 0 Å². The zero-order valence-corrected chi connectivity index (χ0v) is 12.1. The van der Waals surface area contributed by atoms with Crippen molar-refractivity contribution in [1.29, 1.82) is 0 Å². The van der Waals surface area contributed by atoms with E-state index in [1.807, 2.05) is 6.20 Å². The topological polar surface area (TPSA) is 38.9 Å². The first-order valence-electron chi connectivity index (χ1n) is 6.31. The largest absolute Gasteiger partial charge is 0.330 e. The Labute approximate surface area is 113 Å². The van der Waals surface area contributed by atoms with E-state index in [0.717, 1.165) is 11.4 Å². The highest BCUT2D eigenvalue weighted by Crippen LogP contribution is 2.24. The van der Waals surface area contributed by atoms with Crippen LogP contribution < -0.4 is 5.73 Å². The summed E-state index contributed by atoms with van der Waals surface area (Å²) in [7, 11) is 0. The van der Waals surface area contributed by atoms with Crippen molar-refractivity contribution < 1.29 is 0 Å². The number of benzene rings is 1. The Morgan fingerprint density at radius 3 is 2.78 bits per heavy atom. The molecule has 96 valence electrons. The fourth-order valence-corrected chi connectivity index (χ4v) is 2.97. The molecule has 1 aromatic heterocycles. The van der Waals surface area contributed by atoms with Crippen molar-refractivity contribution in [2.45, 2.75) is 33.1 Å². The van der Waals surface area contributed by atoms with Crippen LogP contribution in [0.1, 0.15) is 39.4 Å². The summed E-state index contributed by atoms with van der Waals surface area (Å²) in [5.74, 6) is 0.364. The molecule has 2 rings (SSSR count). The molecule has 1 aromatic carbocycles. The lowest BCUT2D eigenvalue weighted by molar-refractivity contribution is 0.766. The van der Waals surface area contributed by atoms with Crippen LogP contribution >= 0.6 is 11.3 Å². The smallest absolute Gasteiger partial charge is 0.0968 e. The van der Waals surface area contributed by atoms with Crippen LogP contribution in [-0.4, -0.2) is 11.5 Å². The van der Waals surface area contributed by atoms with Gasteiger partial charge in [-0.15, -0.1) is 11.3 Å². The third-order valence-electron chi connectivity index (χ3n) is 3.21. The molecule has 0 radical (unpaired) electrons. The molecule has 0 fully saturated rings. The van der Waals surface area contributed by atoms with Gasteiger partial charge in [0.25, 0.3) is 0 Å². The van der Waals surface area contributed by atoms with E-state index < -0.39 is 0 Å². The van der Waals surface area contributed by atoms with Crippen molar-refractivity contribution in [2.24, 2.45) is 5.73 Å². The summed E-state index contributed by atoms with van der Waals surface area (Å²) in [5, 5.41) is 1.15. The maximum Gasteiger partial charge on any atom is 0.0968 e. The number of hydrogen-bond donors (Lipinski definition) is 1. The Balaban J connectivity index is 2.16. The van der Waals surface area contributed by atoms with Crippen molar-refractivity contribution in [3.05, 3.63) is 51.0 Å². The molecule has 0 aliphatic heterocycles. The third-order valence-corrected chi connectivity index (χ3v) is 4.44. The first kappa shape index (κ1) is 13.2. The van der Waals surface area contributed by atoms with Gasteiger partial charge in [-0.3, -0.25) is 0 Å². The zero-order valence-electron chi connectivity index (χ0n) is 11.2. The van der Waals surface area contributed by atoms with Crippen molar-refractivity contribution in [2.75, 3.05) is 6.54 Å². The van der Waals surface area contributed by atoms with Gasteiger partial charge in [-0.05, 0) is 25.0 Å². The lowest BCUT2D eigenvalue weighted by Crippen LogP contribution is -2.08. The summed E-state index contributed by atoms with van der Waals surface area (Å²) in [4.78, 5) is 5.79. The van der Waals surface area contributed by atoms with Crippen LogP contribution in [0, 0.1) is 13.8 Å². The molecule has 18 heavy (non-hydrogen) atoms. The lowest BCUT2D eigenvalue weighted by Gasteiger charge is -2.05. The second kappa shape index (κ2) is 5.63. The van der Waals surface area contributed by atoms with Gasteiger partial charge in [-0.2, -0.15) is 0 Å². The van der Waals surface area contributed by atoms with Gasteiger partial charge in [-0.1, -0.05) is 30.7 Å². The van der Waals surface area contributed by atoms with E-state index in [1.165, 1.54) is 21.6 Å². The molecular formula is C15H20N2S. The SMILES string of the molecule is Cc1ccc(Cc2cnc(C(C)CN)s2)c(C)c1. The van der Waals surface area contributed by atoms with Gasteiger partial charge < -0.3 is 5.73 Å². The van der Waals surface area contributed by atoms with Gasteiger partial charge in [0, 0.05) is 30.0 Å². The zero-order chi connectivity index (χ0) is 13.1. The first-order chi connectivity index (χ1) is 8.60. The molecule has 2 aromatic rings. The van der Waals surface area contributed by atoms with Crippen LogP contribution in [0.3, 0.4) is 0 Å². The summed E-state index contributed by atoms with van der Waals surface area (Å²) in [6.45, 7) is 7.09. The van der Waals surface area contributed by atoms with E-state index in [9.17, 15) is 0 Å². The minimum absolute atomic E-state index is 0.364. The number of rotatable bonds is 4. The molecule has 0 aliphatic rings. The van der Waals surface area contributed by atoms with E-state index >= 15 is 0 Å². The highest BCUT2D eigenvalue weighted by molar-refractivity contribution is 7.11. The quantitative estimate of drug-likeness (QED) is 0.915. The maximum absolute atomic E-state index is 5.67. The molecule has 0 amide bonds. The normalized spacial score (nSPS) is 12.7. The van der Waals surface area contributed by atoms with Gasteiger partial charge >= 0.3 is 0 Å². The fraction of sp³-hybridized carbons (Fsp3) is 0.400. The van der Waals surface area contributed by atoms with E-state index in [4.69, 9.17) is 5.73 Å². The minimum atomic E-state index is 0.364. The average Bonchev–Trinajstić information content (AvgIpc) is 2.80. The number of thiazole rings is 1. The number of nitrogens with zero attached hydrogens (tertiary/aromatic N) is 1. The maximum atomic E-state index is 5.67. The predicted molar refractivity (Wildman–Crippen MR) is 78.3 cm³/mol. The Bertz CT molecular complexity index is 531. The Kier molecular flexibility index (Phi) is 4.15. The first-order valence-corrected chi connectivity index (χ1v) is 7.12. The van der Waals surface area contributed by atoms with Crippen LogP contribution in [0.25, 0.3) is 0 Å². The molecule has 0 bridgehead atoms. The highest BCUT2D eigenvalue weighted by atomic mass is 32.1. The van der Waals surface area contributed by atoms with Crippen LogP contribution in [0.4, 0.5) is 0 Å². The molecule has 3 heteroatoms. The standard InChI is InChI=1S/C15H20N2S/c1-10-4-5-13(11(2)6-10)7-14-9-17-15(18-14)12(3)8-16/h4-6,9,12H,7-8,16H2,1-3H3. The summed E-state index contributed by atoms with van der Waals surface area (Å²) in [5.41, 5.74) is 9.73. The Morgan fingerprint density at radius 1 is 1.33 bits per heavy atom. The molecule has 2 nitrogen and oxygen atoms in total. The molecule has 0 saturated heterocycles. The van der Waals surface area contributed by atoms with E-state index in [-0.39, 0.29) is 0 Å². The number of hydrogen-bond acceptors (Lipinski definition) is 3. The van der Waals surface area contributed by atoms with Gasteiger partial charge in [0.05, 0.1) is 5.01 Å². The van der Waals surface area contributed by atoms with Gasteiger partial charge in [0.2, 0.25) is 0 Å². The van der Waals surface area contributed by atoms with Crippen molar-refractivity contribution in [1.82, 2.24) is 4.98 Å². The molecule has 1 heterocycles. The van der Waals surface area contributed by atoms with Gasteiger partial charge in [-0.25, -0.2) is 4.98 Å². The second-order valence-electron chi connectivity index (χ2n) is 4.91. The van der Waals surface area contributed by atoms with Crippen molar-refractivity contribution in [3.8, 4) is 0 Å². The van der Waals surface area contributed by atoms with Gasteiger partial charge in [0.15, 0.2) is 0 Å². The molecule has 2 N–H and O–H groups in total. The fourth-order valence-electron chi connectivity index (χ4n) is 1.96. The molecule has 1 atom stereocenters. The number of nitrogens with two attached hydrogens (primary N) is 1. The summed E-state index contributed by atoms with van der Waals surface area (Å²) in [6, 6.07) is 6.63. The van der Waals surface area contributed by atoms with Crippen LogP contribution in [0.15, 0.2) is 24.4 Å². The molecule has 0 spiro atoms. The third kappa shape index (κ3) is 2.98. The summed E-state index contributed by atoms with van der Waals surface area (Å²) in [6.07, 6.45) is 2.96. The Morgan fingerprint density at radius 2 is 2.11 bits per heavy atom. The molecular weight excluding hydrogens is 240 g/mol. The number of aryl methyl sites for hydroxylation is 2.